The van der Waals surface area contributed by atoms with Crippen LogP contribution < -0.4 is 0 Å². The second-order valence-corrected chi connectivity index (χ2v) is 6.45. The SMILES string of the molecule is O=[N+]([O-])c1ccc(-c2cc(-c3ccc([N+](=O)[O-])cc3)nc(-c3ccccn3)c2)cc1. The van der Waals surface area contributed by atoms with Crippen molar-refractivity contribution in [3.8, 4) is 33.8 Å². The molecule has 2 aromatic heterocycles. The number of nitro groups is 2. The van der Waals surface area contributed by atoms with Crippen LogP contribution in [0.1, 0.15) is 0 Å². The van der Waals surface area contributed by atoms with Crippen molar-refractivity contribution in [2.75, 3.05) is 0 Å². The fourth-order valence-electron chi connectivity index (χ4n) is 3.02. The summed E-state index contributed by atoms with van der Waals surface area (Å²) in [6.45, 7) is 0. The fourth-order valence-corrected chi connectivity index (χ4v) is 3.02. The highest BCUT2D eigenvalue weighted by molar-refractivity contribution is 5.76. The van der Waals surface area contributed by atoms with Gasteiger partial charge in [0, 0.05) is 36.0 Å². The van der Waals surface area contributed by atoms with E-state index in [9.17, 15) is 20.2 Å². The smallest absolute Gasteiger partial charge is 0.258 e. The van der Waals surface area contributed by atoms with Crippen LogP contribution in [0.25, 0.3) is 33.8 Å². The molecular formula is C22H14N4O4. The zero-order valence-corrected chi connectivity index (χ0v) is 15.5. The lowest BCUT2D eigenvalue weighted by molar-refractivity contribution is -0.385. The number of non-ortho nitro benzene ring substituents is 2. The van der Waals surface area contributed by atoms with E-state index in [2.05, 4.69) is 9.97 Å². The zero-order valence-electron chi connectivity index (χ0n) is 15.5. The minimum absolute atomic E-state index is 0.00442. The molecule has 146 valence electrons. The third-order valence-electron chi connectivity index (χ3n) is 4.54. The molecule has 4 rings (SSSR count). The largest absolute Gasteiger partial charge is 0.269 e. The van der Waals surface area contributed by atoms with Crippen LogP contribution >= 0.6 is 0 Å². The van der Waals surface area contributed by atoms with Gasteiger partial charge in [0.05, 0.1) is 26.9 Å². The molecule has 2 aromatic carbocycles. The van der Waals surface area contributed by atoms with Crippen LogP contribution in [-0.2, 0) is 0 Å². The maximum atomic E-state index is 10.9. The van der Waals surface area contributed by atoms with Gasteiger partial charge in [-0.2, -0.15) is 0 Å². The molecule has 0 N–H and O–H groups in total. The number of nitro benzene ring substituents is 2. The summed E-state index contributed by atoms with van der Waals surface area (Å²) in [5.41, 5.74) is 4.20. The number of aromatic nitrogens is 2. The van der Waals surface area contributed by atoms with Crippen LogP contribution in [-0.4, -0.2) is 19.8 Å². The van der Waals surface area contributed by atoms with Crippen molar-refractivity contribution in [3.05, 3.63) is 105 Å². The Hall–Kier alpha value is -4.46. The number of benzene rings is 2. The highest BCUT2D eigenvalue weighted by Crippen LogP contribution is 2.31. The van der Waals surface area contributed by atoms with Crippen LogP contribution in [0.15, 0.2) is 85.1 Å². The van der Waals surface area contributed by atoms with Gasteiger partial charge in [0.2, 0.25) is 0 Å². The highest BCUT2D eigenvalue weighted by atomic mass is 16.6. The summed E-state index contributed by atoms with van der Waals surface area (Å²) in [6.07, 6.45) is 1.67. The summed E-state index contributed by atoms with van der Waals surface area (Å²) >= 11 is 0. The first-order valence-electron chi connectivity index (χ1n) is 8.94. The number of rotatable bonds is 5. The van der Waals surface area contributed by atoms with Gasteiger partial charge >= 0.3 is 0 Å². The van der Waals surface area contributed by atoms with Crippen molar-refractivity contribution in [1.29, 1.82) is 0 Å². The molecule has 0 atom stereocenters. The molecule has 30 heavy (non-hydrogen) atoms. The molecule has 0 fully saturated rings. The average molecular weight is 398 g/mol. The minimum atomic E-state index is -0.455. The predicted octanol–water partition coefficient (Wildman–Crippen LogP) is 5.29. The van der Waals surface area contributed by atoms with Crippen LogP contribution in [0.2, 0.25) is 0 Å². The molecule has 4 aromatic rings. The topological polar surface area (TPSA) is 112 Å². The molecular weight excluding hydrogens is 384 g/mol. The van der Waals surface area contributed by atoms with Crippen molar-refractivity contribution < 1.29 is 9.85 Å². The van der Waals surface area contributed by atoms with Gasteiger partial charge in [-0.3, -0.25) is 25.2 Å². The van der Waals surface area contributed by atoms with Gasteiger partial charge in [-0.25, -0.2) is 4.98 Å². The van der Waals surface area contributed by atoms with Crippen molar-refractivity contribution in [2.45, 2.75) is 0 Å². The van der Waals surface area contributed by atoms with Gasteiger partial charge in [0.25, 0.3) is 11.4 Å². The molecule has 0 aliphatic carbocycles. The Balaban J connectivity index is 1.84. The molecule has 8 heteroatoms. The number of nitrogens with zero attached hydrogens (tertiary/aromatic N) is 4. The van der Waals surface area contributed by atoms with Crippen molar-refractivity contribution in [2.24, 2.45) is 0 Å². The summed E-state index contributed by atoms with van der Waals surface area (Å²) in [5, 5.41) is 21.9. The quantitative estimate of drug-likeness (QED) is 0.333. The Morgan fingerprint density at radius 3 is 1.70 bits per heavy atom. The molecule has 0 saturated carbocycles. The van der Waals surface area contributed by atoms with Gasteiger partial charge in [-0.05, 0) is 59.7 Å². The first-order valence-corrected chi connectivity index (χ1v) is 8.94. The summed E-state index contributed by atoms with van der Waals surface area (Å²) in [6, 6.07) is 21.6. The maximum absolute atomic E-state index is 10.9. The molecule has 2 heterocycles. The van der Waals surface area contributed by atoms with Crippen LogP contribution in [0.5, 0.6) is 0 Å². The van der Waals surface area contributed by atoms with Crippen LogP contribution in [0, 0.1) is 20.2 Å². The number of hydrogen-bond acceptors (Lipinski definition) is 6. The van der Waals surface area contributed by atoms with Crippen molar-refractivity contribution >= 4 is 11.4 Å². The van der Waals surface area contributed by atoms with E-state index in [0.29, 0.717) is 22.6 Å². The van der Waals surface area contributed by atoms with Crippen molar-refractivity contribution in [3.63, 3.8) is 0 Å². The van der Waals surface area contributed by atoms with E-state index in [1.165, 1.54) is 24.3 Å². The average Bonchev–Trinajstić information content (AvgIpc) is 2.79. The van der Waals surface area contributed by atoms with E-state index in [1.807, 2.05) is 24.3 Å². The van der Waals surface area contributed by atoms with E-state index in [0.717, 1.165) is 11.1 Å². The third kappa shape index (κ3) is 3.88. The molecule has 8 nitrogen and oxygen atoms in total. The summed E-state index contributed by atoms with van der Waals surface area (Å²) in [5.74, 6) is 0. The minimum Gasteiger partial charge on any atom is -0.258 e. The lowest BCUT2D eigenvalue weighted by atomic mass is 10.0. The highest BCUT2D eigenvalue weighted by Gasteiger charge is 2.12. The maximum Gasteiger partial charge on any atom is 0.269 e. The molecule has 0 amide bonds. The molecule has 0 radical (unpaired) electrons. The van der Waals surface area contributed by atoms with Crippen LogP contribution in [0.4, 0.5) is 11.4 Å². The van der Waals surface area contributed by atoms with Gasteiger partial charge in [0.1, 0.15) is 0 Å². The predicted molar refractivity (Wildman–Crippen MR) is 112 cm³/mol. The van der Waals surface area contributed by atoms with E-state index in [1.54, 1.807) is 36.5 Å². The Bertz CT molecular complexity index is 1150. The Labute approximate surface area is 170 Å². The Morgan fingerprint density at radius 1 is 0.600 bits per heavy atom. The Kier molecular flexibility index (Phi) is 4.96. The lowest BCUT2D eigenvalue weighted by Crippen LogP contribution is -1.93. The lowest BCUT2D eigenvalue weighted by Gasteiger charge is -2.10. The second-order valence-electron chi connectivity index (χ2n) is 6.45. The van der Waals surface area contributed by atoms with E-state index >= 15 is 0 Å². The Morgan fingerprint density at radius 2 is 1.17 bits per heavy atom. The molecule has 0 bridgehead atoms. The third-order valence-corrected chi connectivity index (χ3v) is 4.54. The van der Waals surface area contributed by atoms with Gasteiger partial charge < -0.3 is 0 Å². The first kappa shape index (κ1) is 18.9. The molecule has 0 unspecified atom stereocenters. The van der Waals surface area contributed by atoms with Gasteiger partial charge in [0.15, 0.2) is 0 Å². The van der Waals surface area contributed by atoms with Gasteiger partial charge in [-0.1, -0.05) is 6.07 Å². The summed E-state index contributed by atoms with van der Waals surface area (Å²) in [4.78, 5) is 30.0. The standard InChI is InChI=1S/C22H14N4O4/c27-25(28)18-8-4-15(5-9-18)17-13-21(16-6-10-19(11-7-16)26(29)30)24-22(14-17)20-3-1-2-12-23-20/h1-14H. The van der Waals surface area contributed by atoms with E-state index < -0.39 is 9.85 Å². The van der Waals surface area contributed by atoms with Gasteiger partial charge in [-0.15, -0.1) is 0 Å². The number of hydrogen-bond donors (Lipinski definition) is 0. The molecule has 0 spiro atoms. The van der Waals surface area contributed by atoms with Crippen molar-refractivity contribution in [1.82, 2.24) is 9.97 Å². The van der Waals surface area contributed by atoms with E-state index in [4.69, 9.17) is 0 Å². The normalized spacial score (nSPS) is 10.5. The first-order chi connectivity index (χ1) is 14.5. The molecule has 0 saturated heterocycles. The fraction of sp³-hybridized carbons (Fsp3) is 0. The summed E-state index contributed by atoms with van der Waals surface area (Å²) < 4.78 is 0. The molecule has 0 aliphatic rings. The molecule has 0 aliphatic heterocycles. The van der Waals surface area contributed by atoms with Crippen LogP contribution in [0.3, 0.4) is 0 Å². The monoisotopic (exact) mass is 398 g/mol. The summed E-state index contributed by atoms with van der Waals surface area (Å²) in [7, 11) is 0. The zero-order chi connectivity index (χ0) is 21.1. The second kappa shape index (κ2) is 7.88. The number of pyridine rings is 2. The van der Waals surface area contributed by atoms with E-state index in [-0.39, 0.29) is 11.4 Å².